The van der Waals surface area contributed by atoms with Gasteiger partial charge in [-0.2, -0.15) is 0 Å². The third-order valence-electron chi connectivity index (χ3n) is 4.09. The van der Waals surface area contributed by atoms with Crippen LogP contribution in [0.15, 0.2) is 48.5 Å². The Morgan fingerprint density at radius 3 is 2.58 bits per heavy atom. The fourth-order valence-corrected chi connectivity index (χ4v) is 2.81. The van der Waals surface area contributed by atoms with E-state index in [1.807, 2.05) is 31.2 Å². The monoisotopic (exact) mass is 327 g/mol. The molecule has 2 N–H and O–H groups in total. The molecule has 0 aromatic heterocycles. The predicted octanol–water partition coefficient (Wildman–Crippen LogP) is 4.55. The van der Waals surface area contributed by atoms with Gasteiger partial charge in [0.25, 0.3) is 0 Å². The molecule has 3 nitrogen and oxygen atoms in total. The fraction of sp³-hybridized carbons (Fsp3) is 0.429. The molecule has 0 spiro atoms. The SMILES string of the molecule is CCCCOc1cccc(CC(CN)c2ccccc2OCC)c1. The normalized spacial score (nSPS) is 12.0. The van der Waals surface area contributed by atoms with Gasteiger partial charge < -0.3 is 15.2 Å². The highest BCUT2D eigenvalue weighted by atomic mass is 16.5. The van der Waals surface area contributed by atoms with Crippen molar-refractivity contribution in [2.75, 3.05) is 19.8 Å². The smallest absolute Gasteiger partial charge is 0.122 e. The van der Waals surface area contributed by atoms with E-state index in [9.17, 15) is 0 Å². The molecule has 0 aliphatic heterocycles. The first-order valence-electron chi connectivity index (χ1n) is 8.92. The van der Waals surface area contributed by atoms with Crippen molar-refractivity contribution in [1.82, 2.24) is 0 Å². The molecular weight excluding hydrogens is 298 g/mol. The lowest BCUT2D eigenvalue weighted by Gasteiger charge is -2.19. The van der Waals surface area contributed by atoms with Crippen LogP contribution in [0.5, 0.6) is 11.5 Å². The molecule has 3 heteroatoms. The standard InChI is InChI=1S/C21H29NO2/c1-3-5-13-24-19-10-8-9-17(15-19)14-18(16-22)20-11-6-7-12-21(20)23-4-2/h6-12,15,18H,3-5,13-14,16,22H2,1-2H3. The van der Waals surface area contributed by atoms with E-state index in [0.29, 0.717) is 13.2 Å². The highest BCUT2D eigenvalue weighted by molar-refractivity contribution is 5.38. The van der Waals surface area contributed by atoms with E-state index in [0.717, 1.165) is 37.4 Å². The van der Waals surface area contributed by atoms with E-state index in [4.69, 9.17) is 15.2 Å². The number of benzene rings is 2. The Labute approximate surface area is 145 Å². The molecule has 2 aromatic rings. The molecule has 0 saturated carbocycles. The van der Waals surface area contributed by atoms with Crippen LogP contribution in [0.25, 0.3) is 0 Å². The highest BCUT2D eigenvalue weighted by Crippen LogP contribution is 2.29. The topological polar surface area (TPSA) is 44.5 Å². The van der Waals surface area contributed by atoms with Crippen LogP contribution in [0.2, 0.25) is 0 Å². The van der Waals surface area contributed by atoms with Gasteiger partial charge in [-0.25, -0.2) is 0 Å². The van der Waals surface area contributed by atoms with Crippen molar-refractivity contribution in [2.45, 2.75) is 39.0 Å². The maximum absolute atomic E-state index is 6.07. The van der Waals surface area contributed by atoms with Gasteiger partial charge in [-0.3, -0.25) is 0 Å². The molecule has 24 heavy (non-hydrogen) atoms. The second-order valence-corrected chi connectivity index (χ2v) is 5.96. The minimum atomic E-state index is 0.235. The Balaban J connectivity index is 2.11. The molecule has 0 saturated heterocycles. The average Bonchev–Trinajstić information content (AvgIpc) is 2.61. The molecule has 2 rings (SSSR count). The van der Waals surface area contributed by atoms with Gasteiger partial charge in [0, 0.05) is 5.92 Å². The molecule has 0 heterocycles. The molecule has 2 aromatic carbocycles. The molecule has 1 unspecified atom stereocenters. The molecule has 0 fully saturated rings. The summed E-state index contributed by atoms with van der Waals surface area (Å²) in [5.41, 5.74) is 8.49. The highest BCUT2D eigenvalue weighted by Gasteiger charge is 2.15. The Kier molecular flexibility index (Phi) is 7.63. The summed E-state index contributed by atoms with van der Waals surface area (Å²) in [6, 6.07) is 16.5. The van der Waals surface area contributed by atoms with Crippen molar-refractivity contribution in [3.63, 3.8) is 0 Å². The van der Waals surface area contributed by atoms with Crippen LogP contribution in [0.1, 0.15) is 43.7 Å². The summed E-state index contributed by atoms with van der Waals surface area (Å²) in [6.07, 6.45) is 3.10. The Bertz CT molecular complexity index is 612. The van der Waals surface area contributed by atoms with E-state index in [1.165, 1.54) is 11.1 Å². The van der Waals surface area contributed by atoms with Crippen molar-refractivity contribution in [3.05, 3.63) is 59.7 Å². The number of ether oxygens (including phenoxy) is 2. The molecule has 0 bridgehead atoms. The van der Waals surface area contributed by atoms with Gasteiger partial charge in [-0.05, 0) is 55.6 Å². The zero-order valence-electron chi connectivity index (χ0n) is 14.8. The second kappa shape index (κ2) is 9.99. The van der Waals surface area contributed by atoms with E-state index in [1.54, 1.807) is 0 Å². The zero-order chi connectivity index (χ0) is 17.2. The van der Waals surface area contributed by atoms with Crippen LogP contribution in [-0.2, 0) is 6.42 Å². The molecule has 0 amide bonds. The number of unbranched alkanes of at least 4 members (excludes halogenated alkanes) is 1. The number of hydrogen-bond donors (Lipinski definition) is 1. The Morgan fingerprint density at radius 2 is 1.83 bits per heavy atom. The predicted molar refractivity (Wildman–Crippen MR) is 100.0 cm³/mol. The summed E-state index contributed by atoms with van der Waals surface area (Å²) in [5, 5.41) is 0. The van der Waals surface area contributed by atoms with Crippen LogP contribution in [0.4, 0.5) is 0 Å². The number of para-hydroxylation sites is 1. The van der Waals surface area contributed by atoms with Gasteiger partial charge in [0.2, 0.25) is 0 Å². The first-order valence-corrected chi connectivity index (χ1v) is 8.92. The Morgan fingerprint density at radius 1 is 1.00 bits per heavy atom. The lowest BCUT2D eigenvalue weighted by molar-refractivity contribution is 0.309. The first-order chi connectivity index (χ1) is 11.8. The van der Waals surface area contributed by atoms with Crippen molar-refractivity contribution >= 4 is 0 Å². The van der Waals surface area contributed by atoms with Gasteiger partial charge in [0.05, 0.1) is 13.2 Å². The van der Waals surface area contributed by atoms with Gasteiger partial charge in [0.15, 0.2) is 0 Å². The number of nitrogens with two attached hydrogens (primary N) is 1. The summed E-state index contributed by atoms with van der Waals surface area (Å²) in [5.74, 6) is 2.11. The lowest BCUT2D eigenvalue weighted by Crippen LogP contribution is -2.16. The lowest BCUT2D eigenvalue weighted by atomic mass is 9.91. The summed E-state index contributed by atoms with van der Waals surface area (Å²) in [7, 11) is 0. The average molecular weight is 327 g/mol. The molecule has 130 valence electrons. The number of hydrogen-bond acceptors (Lipinski definition) is 3. The summed E-state index contributed by atoms with van der Waals surface area (Å²) in [4.78, 5) is 0. The van der Waals surface area contributed by atoms with Gasteiger partial charge in [-0.15, -0.1) is 0 Å². The maximum atomic E-state index is 6.07. The van der Waals surface area contributed by atoms with Crippen LogP contribution in [0.3, 0.4) is 0 Å². The minimum Gasteiger partial charge on any atom is -0.494 e. The van der Waals surface area contributed by atoms with Crippen LogP contribution in [0, 0.1) is 0 Å². The van der Waals surface area contributed by atoms with Gasteiger partial charge in [0.1, 0.15) is 11.5 Å². The van der Waals surface area contributed by atoms with Crippen LogP contribution < -0.4 is 15.2 Å². The van der Waals surface area contributed by atoms with Gasteiger partial charge >= 0.3 is 0 Å². The maximum Gasteiger partial charge on any atom is 0.122 e. The molecule has 0 radical (unpaired) electrons. The van der Waals surface area contributed by atoms with Crippen molar-refractivity contribution < 1.29 is 9.47 Å². The van der Waals surface area contributed by atoms with Crippen molar-refractivity contribution in [3.8, 4) is 11.5 Å². The molecular formula is C21H29NO2. The van der Waals surface area contributed by atoms with Crippen LogP contribution in [-0.4, -0.2) is 19.8 Å². The van der Waals surface area contributed by atoms with Crippen LogP contribution >= 0.6 is 0 Å². The van der Waals surface area contributed by atoms with Gasteiger partial charge in [-0.1, -0.05) is 43.7 Å². The van der Waals surface area contributed by atoms with E-state index in [2.05, 4.69) is 31.2 Å². The molecule has 0 aliphatic rings. The number of rotatable bonds is 10. The Hall–Kier alpha value is -2.00. The second-order valence-electron chi connectivity index (χ2n) is 5.96. The first kappa shape index (κ1) is 18.3. The van der Waals surface area contributed by atoms with E-state index in [-0.39, 0.29) is 5.92 Å². The van der Waals surface area contributed by atoms with Crippen molar-refractivity contribution in [1.29, 1.82) is 0 Å². The van der Waals surface area contributed by atoms with Crippen molar-refractivity contribution in [2.24, 2.45) is 5.73 Å². The summed E-state index contributed by atoms with van der Waals surface area (Å²) >= 11 is 0. The summed E-state index contributed by atoms with van der Waals surface area (Å²) in [6.45, 7) is 6.19. The third-order valence-corrected chi connectivity index (χ3v) is 4.09. The summed E-state index contributed by atoms with van der Waals surface area (Å²) < 4.78 is 11.6. The minimum absolute atomic E-state index is 0.235. The van der Waals surface area contributed by atoms with E-state index >= 15 is 0 Å². The fourth-order valence-electron chi connectivity index (χ4n) is 2.81. The quantitative estimate of drug-likeness (QED) is 0.651. The zero-order valence-corrected chi connectivity index (χ0v) is 14.8. The molecule has 1 atom stereocenters. The van der Waals surface area contributed by atoms with E-state index < -0.39 is 0 Å². The third kappa shape index (κ3) is 5.27. The largest absolute Gasteiger partial charge is 0.494 e. The molecule has 0 aliphatic carbocycles.